The first kappa shape index (κ1) is 60.3. The molecule has 0 bridgehead atoms. The van der Waals surface area contributed by atoms with Crippen LogP contribution >= 0.6 is 31.1 Å². The van der Waals surface area contributed by atoms with Crippen LogP contribution in [0.4, 0.5) is 0 Å². The van der Waals surface area contributed by atoms with Gasteiger partial charge in [-0.15, -0.1) is 6.42 Å². The van der Waals surface area contributed by atoms with Gasteiger partial charge < -0.3 is 53.9 Å². The Labute approximate surface area is 384 Å². The Hall–Kier alpha value is -3.74. The van der Waals surface area contributed by atoms with Gasteiger partial charge in [-0.3, -0.25) is 27.5 Å². The van der Waals surface area contributed by atoms with Gasteiger partial charge >= 0.3 is 43.0 Å². The first-order chi connectivity index (χ1) is 31.0. The van der Waals surface area contributed by atoms with E-state index in [0.717, 1.165) is 32.1 Å². The Morgan fingerprint density at radius 2 is 1.00 bits per heavy atom. The molecule has 5 unspecified atom stereocenters. The van der Waals surface area contributed by atoms with Crippen molar-refractivity contribution in [2.75, 3.05) is 19.4 Å². The number of hydrogen-bond acceptors (Lipinski definition) is 14. The molecule has 21 nitrogen and oxygen atoms in total. The number of carbonyl (C=O) groups excluding carboxylic acids is 2. The molecule has 8 atom stereocenters. The van der Waals surface area contributed by atoms with Crippen molar-refractivity contribution < 1.29 is 99.9 Å². The van der Waals surface area contributed by atoms with Crippen molar-refractivity contribution in [1.29, 1.82) is 0 Å². The van der Waals surface area contributed by atoms with E-state index in [1.54, 1.807) is 0 Å². The molecule has 66 heavy (non-hydrogen) atoms. The zero-order valence-electron chi connectivity index (χ0n) is 35.9. The predicted molar refractivity (Wildman–Crippen MR) is 234 cm³/mol. The number of carbonyl (C=O) groups is 2. The fourth-order valence-corrected chi connectivity index (χ4v) is 9.22. The molecule has 0 heterocycles. The molecule has 25 heteroatoms. The van der Waals surface area contributed by atoms with Crippen molar-refractivity contribution in [3.05, 3.63) is 0 Å². The highest BCUT2D eigenvalue weighted by atomic mass is 31.2. The molecule has 0 aliphatic heterocycles. The number of terminal acetylenes is 1. The summed E-state index contributed by atoms with van der Waals surface area (Å²) in [5, 5.41) is 21.9. The molecular weight excluding hydrogens is 952 g/mol. The van der Waals surface area contributed by atoms with Crippen molar-refractivity contribution in [3.8, 4) is 83.4 Å². The Balaban J connectivity index is 3.12. The van der Waals surface area contributed by atoms with Crippen LogP contribution in [0, 0.1) is 89.3 Å². The van der Waals surface area contributed by atoms with Gasteiger partial charge in [-0.05, 0) is 77.5 Å². The van der Waals surface area contributed by atoms with Gasteiger partial charge in [-0.2, -0.15) is 0 Å². The van der Waals surface area contributed by atoms with E-state index in [4.69, 9.17) is 24.9 Å². The normalized spacial score (nSPS) is 20.3. The minimum Gasteiger partial charge on any atom is -0.456 e. The third-order valence-electron chi connectivity index (χ3n) is 8.88. The van der Waals surface area contributed by atoms with Crippen LogP contribution in [0.2, 0.25) is 0 Å². The number of rotatable bonds is 28. The molecule has 0 amide bonds. The molecule has 0 aromatic carbocycles. The van der Waals surface area contributed by atoms with Crippen LogP contribution in [-0.2, 0) is 55.4 Å². The molecule has 9 N–H and O–H groups in total. The Bertz CT molecular complexity index is 2170. The van der Waals surface area contributed by atoms with Gasteiger partial charge in [-0.25, -0.2) is 18.5 Å². The van der Waals surface area contributed by atoms with Crippen LogP contribution < -0.4 is 0 Å². The van der Waals surface area contributed by atoms with E-state index in [0.29, 0.717) is 12.8 Å². The van der Waals surface area contributed by atoms with E-state index in [1.165, 1.54) is 38.5 Å². The summed E-state index contributed by atoms with van der Waals surface area (Å²) >= 11 is 0. The maximum Gasteiger partial charge on any atom is 0.472 e. The third-order valence-corrected chi connectivity index (χ3v) is 11.8. The Morgan fingerprint density at radius 3 is 1.42 bits per heavy atom. The summed E-state index contributed by atoms with van der Waals surface area (Å²) in [6, 6.07) is 0. The first-order valence-corrected chi connectivity index (χ1v) is 26.7. The first-order valence-electron chi connectivity index (χ1n) is 20.4. The largest absolute Gasteiger partial charge is 0.472 e. The van der Waals surface area contributed by atoms with Crippen molar-refractivity contribution >= 4 is 43.0 Å². The maximum atomic E-state index is 13.2. The van der Waals surface area contributed by atoms with Crippen LogP contribution in [0.5, 0.6) is 0 Å². The highest BCUT2D eigenvalue weighted by molar-refractivity contribution is 7.51. The van der Waals surface area contributed by atoms with Crippen LogP contribution in [0.3, 0.4) is 0 Å². The molecule has 1 aliphatic carbocycles. The second-order valence-corrected chi connectivity index (χ2v) is 19.8. The summed E-state index contributed by atoms with van der Waals surface area (Å²) in [5.41, 5.74) is 0. The number of esters is 2. The van der Waals surface area contributed by atoms with Crippen molar-refractivity contribution in [3.63, 3.8) is 0 Å². The summed E-state index contributed by atoms with van der Waals surface area (Å²) < 4.78 is 77.5. The minimum absolute atomic E-state index is 0.124. The Kier molecular flexibility index (Phi) is 29.3. The summed E-state index contributed by atoms with van der Waals surface area (Å²) in [5.74, 6) is 25.1. The highest BCUT2D eigenvalue weighted by Gasteiger charge is 2.58. The van der Waals surface area contributed by atoms with Gasteiger partial charge in [-0.1, -0.05) is 84.0 Å². The molecular formula is C41H54O21P4. The molecule has 1 saturated carbocycles. The van der Waals surface area contributed by atoms with Crippen LogP contribution in [-0.4, -0.2) is 112 Å². The van der Waals surface area contributed by atoms with Crippen LogP contribution in [0.25, 0.3) is 0 Å². The van der Waals surface area contributed by atoms with Gasteiger partial charge in [0.25, 0.3) is 0 Å². The summed E-state index contributed by atoms with van der Waals surface area (Å²) in [6.45, 7) is 0.219. The molecule has 1 rings (SSSR count). The van der Waals surface area contributed by atoms with E-state index in [2.05, 4.69) is 87.0 Å². The van der Waals surface area contributed by atoms with Gasteiger partial charge in [0.15, 0.2) is 6.10 Å². The summed E-state index contributed by atoms with van der Waals surface area (Å²) in [6.07, 6.45) is 2.00. The third kappa shape index (κ3) is 29.8. The monoisotopic (exact) mass is 1010 g/mol. The quantitative estimate of drug-likeness (QED) is 0.0179. The molecule has 1 fully saturated rings. The fraction of sp³-hybridized carbons (Fsp3) is 0.610. The topological polar surface area (TPSA) is 340 Å². The average Bonchev–Trinajstić information content (AvgIpc) is 3.21. The summed E-state index contributed by atoms with van der Waals surface area (Å²) in [7, 11) is -22.5. The molecule has 0 aromatic rings. The van der Waals surface area contributed by atoms with Gasteiger partial charge in [0.05, 0.1) is 12.8 Å². The van der Waals surface area contributed by atoms with E-state index in [-0.39, 0.29) is 6.42 Å². The number of hydrogen-bond donors (Lipinski definition) is 9. The van der Waals surface area contributed by atoms with Crippen molar-refractivity contribution in [2.24, 2.45) is 5.92 Å². The lowest BCUT2D eigenvalue weighted by atomic mass is 9.79. The number of phosphoric ester groups is 3. The second kappa shape index (κ2) is 32.1. The van der Waals surface area contributed by atoms with E-state index >= 15 is 0 Å². The van der Waals surface area contributed by atoms with E-state index < -0.39 is 105 Å². The smallest absolute Gasteiger partial charge is 0.456 e. The molecule has 364 valence electrons. The maximum absolute atomic E-state index is 13.2. The lowest BCUT2D eigenvalue weighted by molar-refractivity contribution is -0.190. The fourth-order valence-electron chi connectivity index (χ4n) is 6.09. The number of aliphatic hydroxyl groups excluding tert-OH is 2. The van der Waals surface area contributed by atoms with E-state index in [1.807, 2.05) is 5.92 Å². The SMILES string of the molecule is C#CC#CC#CC#CC#CC#CC#CC(=O)OC[C@H](COP(=O)(O)OC1C(O)[C@H](OP(=O)(O)O)C(CP(=O)(O)O)C(OP(=O)(O)O)[C@@H]1O)OC(=O)CCCCCCCCCCCCCCC. The van der Waals surface area contributed by atoms with E-state index in [9.17, 15) is 72.3 Å². The second-order valence-electron chi connectivity index (χ2n) is 14.3. The molecule has 0 radical (unpaired) electrons. The lowest BCUT2D eigenvalue weighted by Crippen LogP contribution is -2.63. The molecule has 0 saturated heterocycles. The van der Waals surface area contributed by atoms with Crippen molar-refractivity contribution in [1.82, 2.24) is 0 Å². The minimum atomic E-state index is -5.74. The number of phosphoric acid groups is 3. The van der Waals surface area contributed by atoms with Crippen molar-refractivity contribution in [2.45, 2.75) is 133 Å². The molecule has 1 aliphatic rings. The van der Waals surface area contributed by atoms with Gasteiger partial charge in [0.1, 0.15) is 37.1 Å². The number of aliphatic hydroxyl groups is 2. The zero-order chi connectivity index (χ0) is 49.7. The molecule has 0 spiro atoms. The number of unbranched alkanes of at least 4 members (excludes halogenated alkanes) is 12. The van der Waals surface area contributed by atoms with Gasteiger partial charge in [0, 0.05) is 18.3 Å². The van der Waals surface area contributed by atoms with Crippen LogP contribution in [0.1, 0.15) is 96.8 Å². The standard InChI is InChI=1S/C41H54O21P4/c1-3-5-7-9-11-13-15-17-19-21-23-25-27-29-36(43)59-33(30-57-35(42)28-26-24-22-20-18-16-14-12-10-8-6-4-2)31-58-66(55,56)62-41-37(44)39(60-64(49,50)51)34(32-63(46,47)48)40(38(41)45)61-65(52,53)54/h2,33-34,37-41,44-45H,3,5,7,9,11,13,15,17,19,21,23,25,27,29-32H2,1H3,(H,55,56)(H2,46,47,48)(H2,49,50,51)(H2,52,53,54)/t33-,34?,37+,38?,39?,40-,41?/m1/s1. The lowest BCUT2D eigenvalue weighted by Gasteiger charge is -2.46. The Morgan fingerprint density at radius 1 is 0.576 bits per heavy atom. The predicted octanol–water partition coefficient (Wildman–Crippen LogP) is 2.56. The number of ether oxygens (including phenoxy) is 2. The zero-order valence-corrected chi connectivity index (χ0v) is 39.4. The van der Waals surface area contributed by atoms with Crippen LogP contribution in [0.15, 0.2) is 0 Å². The van der Waals surface area contributed by atoms with Gasteiger partial charge in [0.2, 0.25) is 0 Å². The molecule has 0 aromatic heterocycles. The highest BCUT2D eigenvalue weighted by Crippen LogP contribution is 2.54. The summed E-state index contributed by atoms with van der Waals surface area (Å²) in [4.78, 5) is 92.7. The average molecular weight is 1010 g/mol.